The Morgan fingerprint density at radius 2 is 1.93 bits per heavy atom. The van der Waals surface area contributed by atoms with E-state index in [1.165, 1.54) is 30.2 Å². The van der Waals surface area contributed by atoms with Gasteiger partial charge < -0.3 is 14.6 Å². The van der Waals surface area contributed by atoms with E-state index in [1.54, 1.807) is 12.1 Å². The van der Waals surface area contributed by atoms with Crippen LogP contribution < -0.4 is 5.32 Å². The van der Waals surface area contributed by atoms with Crippen molar-refractivity contribution in [1.29, 1.82) is 0 Å². The van der Waals surface area contributed by atoms with Gasteiger partial charge in [0.2, 0.25) is 5.91 Å². The Morgan fingerprint density at radius 1 is 1.24 bits per heavy atom. The number of hydrogen-bond donors (Lipinski definition) is 1. The van der Waals surface area contributed by atoms with Crippen molar-refractivity contribution in [3.05, 3.63) is 45.3 Å². The summed E-state index contributed by atoms with van der Waals surface area (Å²) in [6, 6.07) is 7.30. The molecule has 0 unspecified atom stereocenters. The highest BCUT2D eigenvalue weighted by Gasteiger charge is 2.22. The molecule has 1 aromatic carbocycles. The number of rotatable bonds is 6. The Balaban J connectivity index is 1.69. The van der Waals surface area contributed by atoms with E-state index in [2.05, 4.69) is 15.5 Å². The molecule has 1 N–H and O–H groups in total. The lowest BCUT2D eigenvalue weighted by atomic mass is 10.1. The van der Waals surface area contributed by atoms with Crippen LogP contribution >= 0.6 is 34.7 Å². The molecule has 10 heteroatoms. The van der Waals surface area contributed by atoms with Crippen molar-refractivity contribution in [3.63, 3.8) is 0 Å². The minimum atomic E-state index is -0.462. The Hall–Kier alpha value is -2.36. The predicted molar refractivity (Wildman–Crippen MR) is 116 cm³/mol. The lowest BCUT2D eigenvalue weighted by molar-refractivity contribution is -0.113. The van der Waals surface area contributed by atoms with E-state index in [0.29, 0.717) is 26.6 Å². The first-order valence-electron chi connectivity index (χ1n) is 8.58. The first kappa shape index (κ1) is 21.4. The van der Waals surface area contributed by atoms with E-state index in [-0.39, 0.29) is 11.7 Å². The van der Waals surface area contributed by atoms with Crippen molar-refractivity contribution in [2.75, 3.05) is 18.2 Å². The van der Waals surface area contributed by atoms with Gasteiger partial charge in [0.25, 0.3) is 0 Å². The average Bonchev–Trinajstić information content (AvgIpc) is 3.19. The van der Waals surface area contributed by atoms with Crippen molar-refractivity contribution in [2.24, 2.45) is 7.05 Å². The Morgan fingerprint density at radius 3 is 2.59 bits per heavy atom. The number of ether oxygens (including phenoxy) is 1. The normalized spacial score (nSPS) is 10.8. The molecule has 1 amide bonds. The monoisotopic (exact) mass is 450 g/mol. The molecule has 0 atom stereocenters. The number of aryl methyl sites for hydroxylation is 1. The van der Waals surface area contributed by atoms with Gasteiger partial charge in [0.1, 0.15) is 5.00 Å². The van der Waals surface area contributed by atoms with Gasteiger partial charge in [-0.2, -0.15) is 0 Å². The van der Waals surface area contributed by atoms with Gasteiger partial charge in [0.15, 0.2) is 11.0 Å². The molecule has 3 aromatic rings. The van der Waals surface area contributed by atoms with Crippen LogP contribution in [-0.2, 0) is 16.6 Å². The quantitative estimate of drug-likeness (QED) is 0.444. The fourth-order valence-corrected chi connectivity index (χ4v) is 4.55. The van der Waals surface area contributed by atoms with Crippen molar-refractivity contribution in [1.82, 2.24) is 14.8 Å². The van der Waals surface area contributed by atoms with Crippen molar-refractivity contribution in [3.8, 4) is 11.4 Å². The number of nitrogens with zero attached hydrogens (tertiary/aromatic N) is 3. The van der Waals surface area contributed by atoms with Crippen LogP contribution in [0.15, 0.2) is 29.4 Å². The molecule has 2 aromatic heterocycles. The number of anilines is 1. The summed E-state index contributed by atoms with van der Waals surface area (Å²) in [7, 11) is 3.16. The molecule has 0 aliphatic heterocycles. The maximum Gasteiger partial charge on any atom is 0.341 e. The van der Waals surface area contributed by atoms with Gasteiger partial charge in [-0.15, -0.1) is 21.5 Å². The Labute approximate surface area is 181 Å². The number of thioether (sulfide) groups is 1. The van der Waals surface area contributed by atoms with E-state index in [4.69, 9.17) is 16.3 Å². The molecule has 0 saturated carbocycles. The number of methoxy groups -OCH3 is 1. The number of benzene rings is 1. The van der Waals surface area contributed by atoms with Crippen LogP contribution in [0.3, 0.4) is 0 Å². The highest BCUT2D eigenvalue weighted by Crippen LogP contribution is 2.33. The molecule has 0 aliphatic carbocycles. The summed E-state index contributed by atoms with van der Waals surface area (Å²) >= 11 is 8.54. The summed E-state index contributed by atoms with van der Waals surface area (Å²) in [5, 5.41) is 12.9. The summed E-state index contributed by atoms with van der Waals surface area (Å²) in [5.41, 5.74) is 2.09. The van der Waals surface area contributed by atoms with Crippen LogP contribution in [0.5, 0.6) is 0 Å². The van der Waals surface area contributed by atoms with E-state index in [9.17, 15) is 9.59 Å². The molecule has 0 bridgehead atoms. The standard InChI is InChI=1S/C19H19ClN4O3S2/c1-10-11(2)29-17(15(10)18(26)27-4)21-14(25)9-28-19-23-22-16(24(19)3)12-5-7-13(20)8-6-12/h5-8H,9H2,1-4H3,(H,21,25). The van der Waals surface area contributed by atoms with E-state index in [0.717, 1.165) is 16.0 Å². The second kappa shape index (κ2) is 8.98. The number of carbonyl (C=O) groups excluding carboxylic acids is 2. The third-order valence-electron chi connectivity index (χ3n) is 4.30. The molecule has 0 aliphatic rings. The SMILES string of the molecule is COC(=O)c1c(NC(=O)CSc2nnc(-c3ccc(Cl)cc3)n2C)sc(C)c1C. The smallest absolute Gasteiger partial charge is 0.341 e. The minimum Gasteiger partial charge on any atom is -0.465 e. The van der Waals surface area contributed by atoms with Gasteiger partial charge in [-0.3, -0.25) is 4.79 Å². The van der Waals surface area contributed by atoms with Gasteiger partial charge in [0, 0.05) is 22.5 Å². The van der Waals surface area contributed by atoms with Gasteiger partial charge in [-0.05, 0) is 43.7 Å². The van der Waals surface area contributed by atoms with Gasteiger partial charge in [-0.25, -0.2) is 4.79 Å². The highest BCUT2D eigenvalue weighted by molar-refractivity contribution is 7.99. The zero-order valence-corrected chi connectivity index (χ0v) is 18.7. The maximum absolute atomic E-state index is 12.4. The zero-order chi connectivity index (χ0) is 21.1. The summed E-state index contributed by atoms with van der Waals surface area (Å²) < 4.78 is 6.65. The fourth-order valence-electron chi connectivity index (χ4n) is 2.65. The van der Waals surface area contributed by atoms with Crippen molar-refractivity contribution in [2.45, 2.75) is 19.0 Å². The molecule has 3 rings (SSSR count). The van der Waals surface area contributed by atoms with Crippen molar-refractivity contribution < 1.29 is 14.3 Å². The number of amides is 1. The average molecular weight is 451 g/mol. The molecule has 0 spiro atoms. The Kier molecular flexibility index (Phi) is 6.61. The largest absolute Gasteiger partial charge is 0.465 e. The number of halogens is 1. The summed E-state index contributed by atoms with van der Waals surface area (Å²) in [5.74, 6) is 0.110. The van der Waals surface area contributed by atoms with Crippen LogP contribution in [0, 0.1) is 13.8 Å². The predicted octanol–water partition coefficient (Wildman–Crippen LogP) is 4.33. The molecule has 2 heterocycles. The number of hydrogen-bond acceptors (Lipinski definition) is 7. The molecular weight excluding hydrogens is 432 g/mol. The van der Waals surface area contributed by atoms with Crippen LogP contribution in [0.1, 0.15) is 20.8 Å². The van der Waals surface area contributed by atoms with E-state index in [1.807, 2.05) is 37.6 Å². The summed E-state index contributed by atoms with van der Waals surface area (Å²) in [6.45, 7) is 3.73. The molecule has 0 radical (unpaired) electrons. The van der Waals surface area contributed by atoms with Crippen LogP contribution in [-0.4, -0.2) is 39.5 Å². The molecule has 0 fully saturated rings. The molecule has 7 nitrogen and oxygen atoms in total. The second-order valence-corrected chi connectivity index (χ2v) is 8.79. The number of carbonyl (C=O) groups is 2. The highest BCUT2D eigenvalue weighted by atomic mass is 35.5. The lowest BCUT2D eigenvalue weighted by Gasteiger charge is -2.06. The van der Waals surface area contributed by atoms with E-state index >= 15 is 0 Å². The fraction of sp³-hybridized carbons (Fsp3) is 0.263. The van der Waals surface area contributed by atoms with Crippen LogP contribution in [0.2, 0.25) is 5.02 Å². The van der Waals surface area contributed by atoms with Crippen molar-refractivity contribution >= 4 is 51.6 Å². The van der Waals surface area contributed by atoms with Gasteiger partial charge in [-0.1, -0.05) is 23.4 Å². The number of nitrogens with one attached hydrogen (secondary N) is 1. The third-order valence-corrected chi connectivity index (χ3v) is 6.69. The topological polar surface area (TPSA) is 86.1 Å². The van der Waals surface area contributed by atoms with Gasteiger partial charge >= 0.3 is 5.97 Å². The molecular formula is C19H19ClN4O3S2. The molecule has 29 heavy (non-hydrogen) atoms. The van der Waals surface area contributed by atoms with Crippen LogP contribution in [0.4, 0.5) is 5.00 Å². The lowest BCUT2D eigenvalue weighted by Crippen LogP contribution is -2.16. The first-order valence-corrected chi connectivity index (χ1v) is 10.8. The molecule has 0 saturated heterocycles. The zero-order valence-electron chi connectivity index (χ0n) is 16.3. The Bertz CT molecular complexity index is 1060. The third kappa shape index (κ3) is 4.63. The maximum atomic E-state index is 12.4. The summed E-state index contributed by atoms with van der Waals surface area (Å²) in [6.07, 6.45) is 0. The number of esters is 1. The first-order chi connectivity index (χ1) is 13.8. The van der Waals surface area contributed by atoms with Crippen LogP contribution in [0.25, 0.3) is 11.4 Å². The number of aromatic nitrogens is 3. The van der Waals surface area contributed by atoms with Gasteiger partial charge in [0.05, 0.1) is 18.4 Å². The minimum absolute atomic E-state index is 0.128. The number of thiophene rings is 1. The van der Waals surface area contributed by atoms with E-state index < -0.39 is 5.97 Å². The summed E-state index contributed by atoms with van der Waals surface area (Å²) in [4.78, 5) is 25.4. The second-order valence-electron chi connectivity index (χ2n) is 6.19. The molecule has 152 valence electrons.